The first-order valence-electron chi connectivity index (χ1n) is 9.21. The van der Waals surface area contributed by atoms with E-state index in [0.29, 0.717) is 18.1 Å². The maximum atomic E-state index is 12.6. The summed E-state index contributed by atoms with van der Waals surface area (Å²) in [6.07, 6.45) is 1.26. The van der Waals surface area contributed by atoms with Gasteiger partial charge in [-0.1, -0.05) is 29.8 Å². The summed E-state index contributed by atoms with van der Waals surface area (Å²) in [7, 11) is -2.41. The van der Waals surface area contributed by atoms with E-state index in [2.05, 4.69) is 35.9 Å². The number of carbonyl (C=O) groups excluding carboxylic acids is 1. The first-order chi connectivity index (χ1) is 13.2. The third-order valence-electron chi connectivity index (χ3n) is 5.10. The number of alkyl carbamates (subject to hydrolysis) is 1. The number of fused-ring (bicyclic) bond motifs is 1. The third kappa shape index (κ3) is 4.49. The molecule has 0 bridgehead atoms. The van der Waals surface area contributed by atoms with Crippen LogP contribution < -0.4 is 10.6 Å². The average Bonchev–Trinajstić information content (AvgIpc) is 3.08. The number of nitrogens with one attached hydrogen (secondary N) is 2. The van der Waals surface area contributed by atoms with Gasteiger partial charge in [0.25, 0.3) is 10.0 Å². The van der Waals surface area contributed by atoms with E-state index in [9.17, 15) is 13.2 Å². The molecule has 3 rings (SSSR count). The van der Waals surface area contributed by atoms with E-state index in [4.69, 9.17) is 4.74 Å². The predicted molar refractivity (Wildman–Crippen MR) is 111 cm³/mol. The summed E-state index contributed by atoms with van der Waals surface area (Å²) >= 11 is 3.38. The number of rotatable bonds is 5. The maximum Gasteiger partial charge on any atom is 0.407 e. The van der Waals surface area contributed by atoms with Gasteiger partial charge in [0, 0.05) is 17.1 Å². The van der Waals surface area contributed by atoms with E-state index in [1.54, 1.807) is 18.2 Å². The second-order valence-corrected chi connectivity index (χ2v) is 9.84. The molecule has 1 amide bonds. The van der Waals surface area contributed by atoms with E-state index in [0.717, 1.165) is 23.9 Å². The van der Waals surface area contributed by atoms with Crippen LogP contribution in [0.15, 0.2) is 32.0 Å². The van der Waals surface area contributed by atoms with Gasteiger partial charge in [0.1, 0.15) is 10.7 Å². The summed E-state index contributed by atoms with van der Waals surface area (Å²) in [6.45, 7) is 5.45. The summed E-state index contributed by atoms with van der Waals surface area (Å²) in [5, 5.41) is 6.08. The Morgan fingerprint density at radius 1 is 1.46 bits per heavy atom. The minimum atomic E-state index is -3.75. The number of sulfonamides is 1. The number of hydrogen-bond acceptors (Lipinski definition) is 6. The van der Waals surface area contributed by atoms with E-state index < -0.39 is 16.1 Å². The number of hydrogen-bond donors (Lipinski definition) is 2. The lowest BCUT2D eigenvalue weighted by Gasteiger charge is -2.32. The summed E-state index contributed by atoms with van der Waals surface area (Å²) in [5.41, 5.74) is 0.527. The lowest BCUT2D eigenvalue weighted by molar-refractivity contribution is 0.154. The highest BCUT2D eigenvalue weighted by Gasteiger charge is 2.36. The lowest BCUT2D eigenvalue weighted by Crippen LogP contribution is -2.50. The Kier molecular flexibility index (Phi) is 6.31. The largest absolute Gasteiger partial charge is 0.453 e. The van der Waals surface area contributed by atoms with E-state index in [1.165, 1.54) is 7.11 Å². The molecule has 0 aliphatic carbocycles. The van der Waals surface area contributed by atoms with Crippen molar-refractivity contribution >= 4 is 43.6 Å². The molecule has 28 heavy (non-hydrogen) atoms. The monoisotopic (exact) mass is 472 g/mol. The number of ether oxygens (including phenoxy) is 1. The molecule has 2 atom stereocenters. The molecule has 10 heteroatoms. The zero-order valence-electron chi connectivity index (χ0n) is 16.1. The third-order valence-corrected chi connectivity index (χ3v) is 6.95. The van der Waals surface area contributed by atoms with E-state index >= 15 is 0 Å². The summed E-state index contributed by atoms with van der Waals surface area (Å²) < 4.78 is 34.9. The number of nitrogens with zero attached hydrogens (tertiary/aromatic N) is 2. The number of benzene rings is 1. The van der Waals surface area contributed by atoms with Crippen molar-refractivity contribution in [3.8, 4) is 0 Å². The first kappa shape index (κ1) is 21.1. The highest BCUT2D eigenvalue weighted by Crippen LogP contribution is 2.32. The van der Waals surface area contributed by atoms with Crippen LogP contribution in [0.25, 0.3) is 0 Å². The molecule has 1 aromatic carbocycles. The maximum absolute atomic E-state index is 12.6. The van der Waals surface area contributed by atoms with Crippen LogP contribution in [-0.4, -0.2) is 57.5 Å². The fourth-order valence-electron chi connectivity index (χ4n) is 3.55. The number of halogens is 1. The molecule has 154 valence electrons. The van der Waals surface area contributed by atoms with Crippen molar-refractivity contribution in [2.45, 2.75) is 43.7 Å². The van der Waals surface area contributed by atoms with Gasteiger partial charge in [-0.3, -0.25) is 4.90 Å². The van der Waals surface area contributed by atoms with Crippen LogP contribution in [0.3, 0.4) is 0 Å². The van der Waals surface area contributed by atoms with E-state index in [-0.39, 0.29) is 22.9 Å². The number of amidine groups is 1. The Morgan fingerprint density at radius 2 is 2.21 bits per heavy atom. The number of methoxy groups -OCH3 is 1. The highest BCUT2D eigenvalue weighted by atomic mass is 79.9. The normalized spacial score (nSPS) is 22.2. The summed E-state index contributed by atoms with van der Waals surface area (Å²) in [4.78, 5) is 14.0. The molecule has 2 unspecified atom stereocenters. The van der Waals surface area contributed by atoms with Crippen molar-refractivity contribution in [3.63, 3.8) is 0 Å². The SMILES string of the molecule is COC(=O)NC(CN1CCCC1C1=NS(=O)(=O)c2ccc(Br)cc2N1)C(C)C. The zero-order chi connectivity index (χ0) is 20.5. The van der Waals surface area contributed by atoms with Crippen LogP contribution in [0.5, 0.6) is 0 Å². The van der Waals surface area contributed by atoms with Gasteiger partial charge in [0.05, 0.1) is 18.8 Å². The second-order valence-electron chi connectivity index (χ2n) is 7.36. The lowest BCUT2D eigenvalue weighted by atomic mass is 10.0. The molecule has 8 nitrogen and oxygen atoms in total. The molecule has 2 N–H and O–H groups in total. The Bertz CT molecular complexity index is 888. The number of likely N-dealkylation sites (tertiary alicyclic amines) is 1. The molecular weight excluding hydrogens is 448 g/mol. The van der Waals surface area contributed by atoms with Crippen LogP contribution in [0.1, 0.15) is 26.7 Å². The molecule has 0 saturated carbocycles. The van der Waals surface area contributed by atoms with Gasteiger partial charge >= 0.3 is 6.09 Å². The van der Waals surface area contributed by atoms with Gasteiger partial charge in [0.15, 0.2) is 0 Å². The summed E-state index contributed by atoms with van der Waals surface area (Å²) in [5.74, 6) is 0.630. The van der Waals surface area contributed by atoms with Crippen molar-refractivity contribution in [2.75, 3.05) is 25.5 Å². The minimum Gasteiger partial charge on any atom is -0.453 e. The van der Waals surface area contributed by atoms with Crippen LogP contribution in [0, 0.1) is 5.92 Å². The van der Waals surface area contributed by atoms with Crippen molar-refractivity contribution in [1.82, 2.24) is 10.2 Å². The molecular formula is C18H25BrN4O4S. The van der Waals surface area contributed by atoms with Gasteiger partial charge in [-0.25, -0.2) is 4.79 Å². The van der Waals surface area contributed by atoms with Gasteiger partial charge in [-0.2, -0.15) is 8.42 Å². The number of amides is 1. The molecule has 1 aromatic rings. The van der Waals surface area contributed by atoms with Gasteiger partial charge in [-0.15, -0.1) is 4.40 Å². The standard InChI is InChI=1S/C18H25BrN4O4S/c1-11(2)14(21-18(24)27-3)10-23-8-4-5-15(23)17-20-13-9-12(19)6-7-16(13)28(25,26)22-17/h6-7,9,11,14-15H,4-5,8,10H2,1-3H3,(H,20,22)(H,21,24). The molecule has 2 aliphatic rings. The van der Waals surface area contributed by atoms with Gasteiger partial charge in [0.2, 0.25) is 0 Å². The topological polar surface area (TPSA) is 100 Å². The van der Waals surface area contributed by atoms with Crippen molar-refractivity contribution in [2.24, 2.45) is 10.3 Å². The van der Waals surface area contributed by atoms with Crippen LogP contribution in [0.2, 0.25) is 0 Å². The van der Waals surface area contributed by atoms with Crippen molar-refractivity contribution in [1.29, 1.82) is 0 Å². The zero-order valence-corrected chi connectivity index (χ0v) is 18.5. The van der Waals surface area contributed by atoms with Gasteiger partial charge < -0.3 is 15.4 Å². The number of carbonyl (C=O) groups is 1. The van der Waals surface area contributed by atoms with Crippen molar-refractivity contribution in [3.05, 3.63) is 22.7 Å². The van der Waals surface area contributed by atoms with Crippen LogP contribution in [-0.2, 0) is 14.8 Å². The molecule has 0 radical (unpaired) electrons. The summed E-state index contributed by atoms with van der Waals surface area (Å²) in [6, 6.07) is 4.71. The molecule has 0 aromatic heterocycles. The quantitative estimate of drug-likeness (QED) is 0.683. The van der Waals surface area contributed by atoms with Crippen LogP contribution in [0.4, 0.5) is 10.5 Å². The molecule has 0 spiro atoms. The Hall–Kier alpha value is -1.65. The first-order valence-corrected chi connectivity index (χ1v) is 11.4. The van der Waals surface area contributed by atoms with E-state index in [1.807, 2.05) is 13.8 Å². The Labute approximate surface area is 173 Å². The molecule has 1 saturated heterocycles. The highest BCUT2D eigenvalue weighted by molar-refractivity contribution is 9.10. The number of anilines is 1. The van der Waals surface area contributed by atoms with Crippen LogP contribution >= 0.6 is 15.9 Å². The smallest absolute Gasteiger partial charge is 0.407 e. The fourth-order valence-corrected chi connectivity index (χ4v) is 5.06. The Morgan fingerprint density at radius 3 is 2.89 bits per heavy atom. The molecule has 2 aliphatic heterocycles. The Balaban J connectivity index is 1.83. The predicted octanol–water partition coefficient (Wildman–Crippen LogP) is 2.81. The van der Waals surface area contributed by atoms with Crippen molar-refractivity contribution < 1.29 is 17.9 Å². The van der Waals surface area contributed by atoms with Gasteiger partial charge in [-0.05, 0) is 43.5 Å². The average molecular weight is 473 g/mol. The second kappa shape index (κ2) is 8.38. The fraction of sp³-hybridized carbons (Fsp3) is 0.556. The minimum absolute atomic E-state index is 0.115. The molecule has 2 heterocycles. The molecule has 1 fully saturated rings.